The Kier molecular flexibility index (Phi) is 5.34. The number of aromatic nitrogens is 2. The van der Waals surface area contributed by atoms with Crippen molar-refractivity contribution in [2.75, 3.05) is 50.0 Å². The summed E-state index contributed by atoms with van der Waals surface area (Å²) in [5, 5.41) is 3.14. The molecule has 1 aromatic heterocycles. The lowest BCUT2D eigenvalue weighted by atomic mass is 10.1. The summed E-state index contributed by atoms with van der Waals surface area (Å²) in [6, 6.07) is 5.19. The largest absolute Gasteiger partial charge is 0.421 e. The fourth-order valence-electron chi connectivity index (χ4n) is 4.03. The van der Waals surface area contributed by atoms with E-state index in [-0.39, 0.29) is 11.8 Å². The maximum atomic E-state index is 14.8. The third-order valence-corrected chi connectivity index (χ3v) is 5.78. The van der Waals surface area contributed by atoms with Crippen molar-refractivity contribution in [3.05, 3.63) is 40.7 Å². The zero-order chi connectivity index (χ0) is 22.2. The van der Waals surface area contributed by atoms with E-state index in [0.29, 0.717) is 18.3 Å². The average Bonchev–Trinajstić information content (AvgIpc) is 3.32. The summed E-state index contributed by atoms with van der Waals surface area (Å²) >= 11 is 0. The molecule has 5 rings (SSSR count). The second-order valence-corrected chi connectivity index (χ2v) is 8.55. The summed E-state index contributed by atoms with van der Waals surface area (Å²) < 4.78 is 20.6. The Bertz CT molecular complexity index is 1150. The molecule has 0 atom stereocenters. The van der Waals surface area contributed by atoms with Gasteiger partial charge < -0.3 is 19.9 Å². The molecule has 0 unspecified atom stereocenters. The fourth-order valence-corrected chi connectivity index (χ4v) is 4.03. The Morgan fingerprint density at radius 2 is 1.88 bits per heavy atom. The molecule has 0 radical (unpaired) electrons. The number of aliphatic imine (C=N–C) groups is 2. The van der Waals surface area contributed by atoms with Crippen LogP contribution in [0.1, 0.15) is 25.0 Å². The van der Waals surface area contributed by atoms with Crippen LogP contribution in [0.5, 0.6) is 11.8 Å². The molecule has 1 N–H and O–H groups in total. The van der Waals surface area contributed by atoms with Crippen molar-refractivity contribution in [3.63, 3.8) is 0 Å². The minimum Gasteiger partial charge on any atom is -0.421 e. The van der Waals surface area contributed by atoms with Crippen LogP contribution in [0.4, 0.5) is 16.0 Å². The molecule has 1 fully saturated rings. The van der Waals surface area contributed by atoms with Crippen LogP contribution in [0, 0.1) is 5.82 Å². The first-order valence-corrected chi connectivity index (χ1v) is 10.8. The van der Waals surface area contributed by atoms with Crippen LogP contribution in [0.15, 0.2) is 33.8 Å². The second-order valence-electron chi connectivity index (χ2n) is 8.55. The van der Waals surface area contributed by atoms with Gasteiger partial charge in [-0.25, -0.2) is 14.4 Å². The van der Waals surface area contributed by atoms with Gasteiger partial charge in [-0.15, -0.1) is 0 Å². The molecule has 32 heavy (non-hydrogen) atoms. The molecule has 2 aliphatic heterocycles. The standard InChI is InChI=1S/C23H26FN7O/c1-14-8-16-10-18(24)19(11-17(16)9-14)32-23-28-20(27-22-25-13-15(2)26-22)12-21(29-23)31-6-4-30(3)5-7-31/h9-12H,4-8,13H2,1-3H3,(H,25,27,28,29). The molecule has 0 spiro atoms. The zero-order valence-electron chi connectivity index (χ0n) is 18.5. The van der Waals surface area contributed by atoms with Gasteiger partial charge >= 0.3 is 6.01 Å². The van der Waals surface area contributed by atoms with Gasteiger partial charge in [0.2, 0.25) is 5.96 Å². The molecule has 0 amide bonds. The van der Waals surface area contributed by atoms with E-state index in [1.54, 1.807) is 6.07 Å². The highest BCUT2D eigenvalue weighted by Crippen LogP contribution is 2.33. The Morgan fingerprint density at radius 3 is 2.62 bits per heavy atom. The van der Waals surface area contributed by atoms with Gasteiger partial charge in [0.25, 0.3) is 0 Å². The SMILES string of the molecule is CC1=Cc2cc(Oc3nc(NC4=NCC(C)=N4)cc(N4CCN(C)CC4)n3)c(F)cc2C1. The predicted octanol–water partition coefficient (Wildman–Crippen LogP) is 3.36. The number of nitrogens with one attached hydrogen (secondary N) is 1. The fraction of sp³-hybridized carbons (Fsp3) is 0.391. The van der Waals surface area contributed by atoms with Crippen molar-refractivity contribution in [2.24, 2.45) is 9.98 Å². The normalized spacial score (nSPS) is 18.2. The van der Waals surface area contributed by atoms with Crippen LogP contribution in [-0.4, -0.2) is 66.3 Å². The number of ether oxygens (including phenoxy) is 1. The number of nitrogens with zero attached hydrogens (tertiary/aromatic N) is 6. The highest BCUT2D eigenvalue weighted by Gasteiger charge is 2.20. The minimum absolute atomic E-state index is 0.0841. The van der Waals surface area contributed by atoms with E-state index in [2.05, 4.69) is 48.2 Å². The van der Waals surface area contributed by atoms with Gasteiger partial charge in [0, 0.05) is 38.0 Å². The number of anilines is 2. The summed E-state index contributed by atoms with van der Waals surface area (Å²) in [5.74, 6) is 1.43. The van der Waals surface area contributed by atoms with Gasteiger partial charge in [0.05, 0.1) is 6.54 Å². The number of hydrogen-bond acceptors (Lipinski definition) is 8. The lowest BCUT2D eigenvalue weighted by Gasteiger charge is -2.33. The van der Waals surface area contributed by atoms with Crippen LogP contribution in [0.25, 0.3) is 6.08 Å². The quantitative estimate of drug-likeness (QED) is 0.794. The average molecular weight is 436 g/mol. The molecule has 1 saturated heterocycles. The Hall–Kier alpha value is -3.33. The Labute approximate surface area is 186 Å². The predicted molar refractivity (Wildman–Crippen MR) is 125 cm³/mol. The van der Waals surface area contributed by atoms with E-state index < -0.39 is 5.82 Å². The van der Waals surface area contributed by atoms with Crippen molar-refractivity contribution in [3.8, 4) is 11.8 Å². The van der Waals surface area contributed by atoms with Gasteiger partial charge in [-0.2, -0.15) is 9.97 Å². The molecule has 0 saturated carbocycles. The second kappa shape index (κ2) is 8.31. The number of halogens is 1. The molecule has 0 bridgehead atoms. The van der Waals surface area contributed by atoms with E-state index in [4.69, 9.17) is 4.74 Å². The molecule has 1 aromatic carbocycles. The van der Waals surface area contributed by atoms with Gasteiger partial charge in [0.15, 0.2) is 11.6 Å². The van der Waals surface area contributed by atoms with Crippen molar-refractivity contribution < 1.29 is 9.13 Å². The van der Waals surface area contributed by atoms with E-state index in [0.717, 1.165) is 55.3 Å². The molecular formula is C23H26FN7O. The van der Waals surface area contributed by atoms with Crippen molar-refractivity contribution in [2.45, 2.75) is 20.3 Å². The smallest absolute Gasteiger partial charge is 0.326 e. The Balaban J connectivity index is 1.46. The van der Waals surface area contributed by atoms with Crippen molar-refractivity contribution in [1.82, 2.24) is 14.9 Å². The molecule has 9 heteroatoms. The first-order chi connectivity index (χ1) is 15.4. The van der Waals surface area contributed by atoms with Crippen molar-refractivity contribution >= 4 is 29.4 Å². The summed E-state index contributed by atoms with van der Waals surface area (Å²) in [6.45, 7) is 8.07. The highest BCUT2D eigenvalue weighted by molar-refractivity contribution is 6.07. The molecule has 166 valence electrons. The van der Waals surface area contributed by atoms with Crippen LogP contribution in [0.3, 0.4) is 0 Å². The number of guanidine groups is 1. The molecular weight excluding hydrogens is 409 g/mol. The number of likely N-dealkylation sites (N-methyl/N-ethyl adjacent to an activating group) is 1. The number of piperazine rings is 1. The van der Waals surface area contributed by atoms with Crippen LogP contribution in [-0.2, 0) is 6.42 Å². The number of fused-ring (bicyclic) bond motifs is 1. The topological polar surface area (TPSA) is 78.2 Å². The van der Waals surface area contributed by atoms with Crippen LogP contribution >= 0.6 is 0 Å². The van der Waals surface area contributed by atoms with E-state index in [9.17, 15) is 4.39 Å². The van der Waals surface area contributed by atoms with Crippen LogP contribution < -0.4 is 15.0 Å². The summed E-state index contributed by atoms with van der Waals surface area (Å²) in [5.41, 5.74) is 4.07. The van der Waals surface area contributed by atoms with Gasteiger partial charge in [-0.3, -0.25) is 0 Å². The lowest BCUT2D eigenvalue weighted by Crippen LogP contribution is -2.44. The summed E-state index contributed by atoms with van der Waals surface area (Å²) in [6.07, 6.45) is 2.81. The number of rotatable bonds is 4. The Morgan fingerprint density at radius 1 is 1.06 bits per heavy atom. The molecule has 3 aliphatic rings. The maximum absolute atomic E-state index is 14.8. The molecule has 3 heterocycles. The van der Waals surface area contributed by atoms with E-state index in [1.165, 1.54) is 11.6 Å². The molecule has 8 nitrogen and oxygen atoms in total. The van der Waals surface area contributed by atoms with E-state index in [1.807, 2.05) is 19.9 Å². The lowest BCUT2D eigenvalue weighted by molar-refractivity contribution is 0.311. The summed E-state index contributed by atoms with van der Waals surface area (Å²) in [4.78, 5) is 22.2. The number of benzene rings is 1. The van der Waals surface area contributed by atoms with Gasteiger partial charge in [0.1, 0.15) is 11.6 Å². The van der Waals surface area contributed by atoms with Gasteiger partial charge in [-0.05, 0) is 50.6 Å². The monoisotopic (exact) mass is 435 g/mol. The molecule has 1 aliphatic carbocycles. The maximum Gasteiger partial charge on any atom is 0.326 e. The first kappa shape index (κ1) is 20.6. The number of allylic oxidation sites excluding steroid dienone is 1. The first-order valence-electron chi connectivity index (χ1n) is 10.8. The van der Waals surface area contributed by atoms with Crippen molar-refractivity contribution in [1.29, 1.82) is 0 Å². The van der Waals surface area contributed by atoms with Crippen LogP contribution in [0.2, 0.25) is 0 Å². The van der Waals surface area contributed by atoms with E-state index >= 15 is 0 Å². The number of hydrogen-bond donors (Lipinski definition) is 1. The third-order valence-electron chi connectivity index (χ3n) is 5.78. The third kappa shape index (κ3) is 4.34. The highest BCUT2D eigenvalue weighted by atomic mass is 19.1. The van der Waals surface area contributed by atoms with Gasteiger partial charge in [-0.1, -0.05) is 11.6 Å². The zero-order valence-corrected chi connectivity index (χ0v) is 18.5. The minimum atomic E-state index is -0.421. The molecule has 2 aromatic rings. The summed E-state index contributed by atoms with van der Waals surface area (Å²) in [7, 11) is 2.10.